The molecule has 0 aliphatic rings. The van der Waals surface area contributed by atoms with Crippen LogP contribution in [0, 0.1) is 5.82 Å². The van der Waals surface area contributed by atoms with Crippen molar-refractivity contribution in [2.45, 2.75) is 6.18 Å². The predicted molar refractivity (Wildman–Crippen MR) is 77.2 cm³/mol. The van der Waals surface area contributed by atoms with Crippen molar-refractivity contribution in [3.05, 3.63) is 52.8 Å². The second-order valence-corrected chi connectivity index (χ2v) is 4.84. The fourth-order valence-corrected chi connectivity index (χ4v) is 1.94. The van der Waals surface area contributed by atoms with Crippen LogP contribution in [0.25, 0.3) is 0 Å². The standard InChI is InChI=1S/C14H9ClF4N2O2/c15-10-3-1-7(5-9(10)14(17,18)19)20-13(23)21-12-4-2-8(22)6-11(12)16/h1-6,22H,(H2,20,21,23). The smallest absolute Gasteiger partial charge is 0.417 e. The second-order valence-electron chi connectivity index (χ2n) is 4.44. The lowest BCUT2D eigenvalue weighted by Crippen LogP contribution is -2.20. The van der Waals surface area contributed by atoms with Crippen molar-refractivity contribution >= 4 is 29.0 Å². The van der Waals surface area contributed by atoms with Crippen molar-refractivity contribution in [3.63, 3.8) is 0 Å². The summed E-state index contributed by atoms with van der Waals surface area (Å²) in [4.78, 5) is 11.7. The molecule has 0 radical (unpaired) electrons. The lowest BCUT2D eigenvalue weighted by molar-refractivity contribution is -0.137. The van der Waals surface area contributed by atoms with Crippen LogP contribution in [0.5, 0.6) is 5.75 Å². The molecule has 0 heterocycles. The number of phenols is 1. The van der Waals surface area contributed by atoms with Gasteiger partial charge in [0.05, 0.1) is 16.3 Å². The number of rotatable bonds is 2. The fourth-order valence-electron chi connectivity index (χ4n) is 1.71. The lowest BCUT2D eigenvalue weighted by atomic mass is 10.2. The molecule has 3 N–H and O–H groups in total. The Hall–Kier alpha value is -2.48. The number of anilines is 2. The number of carbonyl (C=O) groups is 1. The van der Waals surface area contributed by atoms with E-state index in [4.69, 9.17) is 16.7 Å². The Balaban J connectivity index is 2.14. The molecular formula is C14H9ClF4N2O2. The van der Waals surface area contributed by atoms with Crippen LogP contribution in [0.1, 0.15) is 5.56 Å². The van der Waals surface area contributed by atoms with Crippen molar-refractivity contribution < 1.29 is 27.5 Å². The van der Waals surface area contributed by atoms with Gasteiger partial charge in [-0.25, -0.2) is 9.18 Å². The summed E-state index contributed by atoms with van der Waals surface area (Å²) < 4.78 is 51.6. The molecule has 0 atom stereocenters. The molecule has 23 heavy (non-hydrogen) atoms. The number of hydrogen-bond donors (Lipinski definition) is 3. The number of aromatic hydroxyl groups is 1. The minimum Gasteiger partial charge on any atom is -0.508 e. The van der Waals surface area contributed by atoms with E-state index in [0.29, 0.717) is 6.07 Å². The van der Waals surface area contributed by atoms with E-state index in [1.165, 1.54) is 6.07 Å². The third-order valence-corrected chi connectivity index (χ3v) is 3.06. The molecule has 0 unspecified atom stereocenters. The summed E-state index contributed by atoms with van der Waals surface area (Å²) in [6.07, 6.45) is -4.67. The van der Waals surface area contributed by atoms with Gasteiger partial charge in [-0.05, 0) is 30.3 Å². The summed E-state index contributed by atoms with van der Waals surface area (Å²) in [5, 5.41) is 12.8. The Bertz CT molecular complexity index is 750. The second kappa shape index (κ2) is 6.33. The first kappa shape index (κ1) is 16.9. The minimum atomic E-state index is -4.67. The van der Waals surface area contributed by atoms with E-state index in [1.54, 1.807) is 0 Å². The van der Waals surface area contributed by atoms with Crippen LogP contribution in [-0.2, 0) is 6.18 Å². The fraction of sp³-hybridized carbons (Fsp3) is 0.0714. The van der Waals surface area contributed by atoms with Crippen LogP contribution < -0.4 is 10.6 Å². The number of halogens is 5. The van der Waals surface area contributed by atoms with E-state index in [1.807, 2.05) is 0 Å². The molecule has 122 valence electrons. The molecular weight excluding hydrogens is 340 g/mol. The third-order valence-electron chi connectivity index (χ3n) is 2.73. The summed E-state index contributed by atoms with van der Waals surface area (Å²) in [7, 11) is 0. The normalized spacial score (nSPS) is 11.2. The molecule has 0 saturated heterocycles. The Morgan fingerprint density at radius 1 is 1.09 bits per heavy atom. The van der Waals surface area contributed by atoms with Gasteiger partial charge in [-0.1, -0.05) is 11.6 Å². The van der Waals surface area contributed by atoms with Gasteiger partial charge in [0, 0.05) is 11.8 Å². The average Bonchev–Trinajstić information content (AvgIpc) is 2.43. The topological polar surface area (TPSA) is 61.4 Å². The first-order chi connectivity index (χ1) is 10.7. The zero-order chi connectivity index (χ0) is 17.2. The van der Waals surface area contributed by atoms with Gasteiger partial charge in [-0.3, -0.25) is 0 Å². The summed E-state index contributed by atoms with van der Waals surface area (Å²) in [5.41, 5.74) is -1.52. The van der Waals surface area contributed by atoms with Crippen LogP contribution >= 0.6 is 11.6 Å². The number of urea groups is 1. The number of phenolic OH excluding ortho intramolecular Hbond substituents is 1. The van der Waals surface area contributed by atoms with E-state index >= 15 is 0 Å². The largest absolute Gasteiger partial charge is 0.508 e. The molecule has 2 aromatic carbocycles. The summed E-state index contributed by atoms with van der Waals surface area (Å²) in [5.74, 6) is -1.23. The van der Waals surface area contributed by atoms with Gasteiger partial charge in [0.15, 0.2) is 0 Å². The minimum absolute atomic E-state index is 0.168. The van der Waals surface area contributed by atoms with Crippen LogP contribution in [0.15, 0.2) is 36.4 Å². The zero-order valence-corrected chi connectivity index (χ0v) is 12.0. The number of amides is 2. The van der Waals surface area contributed by atoms with Gasteiger partial charge >= 0.3 is 12.2 Å². The van der Waals surface area contributed by atoms with Crippen molar-refractivity contribution in [1.29, 1.82) is 0 Å². The SMILES string of the molecule is O=C(Nc1ccc(Cl)c(C(F)(F)F)c1)Nc1ccc(O)cc1F. The van der Waals surface area contributed by atoms with Gasteiger partial charge in [0.2, 0.25) is 0 Å². The van der Waals surface area contributed by atoms with Crippen molar-refractivity contribution in [1.82, 2.24) is 0 Å². The maximum atomic E-state index is 13.5. The maximum absolute atomic E-state index is 13.5. The maximum Gasteiger partial charge on any atom is 0.417 e. The molecule has 0 fully saturated rings. The molecule has 0 aromatic heterocycles. The third kappa shape index (κ3) is 4.26. The molecule has 2 aromatic rings. The molecule has 0 spiro atoms. The van der Waals surface area contributed by atoms with E-state index < -0.39 is 28.6 Å². The number of nitrogens with one attached hydrogen (secondary N) is 2. The van der Waals surface area contributed by atoms with E-state index in [-0.39, 0.29) is 17.1 Å². The monoisotopic (exact) mass is 348 g/mol. The summed E-state index contributed by atoms with van der Waals surface area (Å²) in [6, 6.07) is 4.89. The Labute approximate surface area is 132 Å². The molecule has 9 heteroatoms. The van der Waals surface area contributed by atoms with Gasteiger partial charge in [-0.2, -0.15) is 13.2 Å². The molecule has 4 nitrogen and oxygen atoms in total. The van der Waals surface area contributed by atoms with E-state index in [2.05, 4.69) is 10.6 Å². The van der Waals surface area contributed by atoms with E-state index in [0.717, 1.165) is 24.3 Å². The molecule has 0 aliphatic carbocycles. The predicted octanol–water partition coefficient (Wildman–Crippen LogP) is 4.85. The van der Waals surface area contributed by atoms with Crippen molar-refractivity contribution in [3.8, 4) is 5.75 Å². The van der Waals surface area contributed by atoms with Crippen molar-refractivity contribution in [2.75, 3.05) is 10.6 Å². The van der Waals surface area contributed by atoms with Crippen LogP contribution in [0.4, 0.5) is 33.7 Å². The number of alkyl halides is 3. The van der Waals surface area contributed by atoms with Crippen LogP contribution in [-0.4, -0.2) is 11.1 Å². The van der Waals surface area contributed by atoms with Crippen LogP contribution in [0.2, 0.25) is 5.02 Å². The molecule has 2 amide bonds. The first-order valence-electron chi connectivity index (χ1n) is 6.10. The highest BCUT2D eigenvalue weighted by atomic mass is 35.5. The Morgan fingerprint density at radius 3 is 2.39 bits per heavy atom. The van der Waals surface area contributed by atoms with Gasteiger partial charge in [0.25, 0.3) is 0 Å². The average molecular weight is 349 g/mol. The highest BCUT2D eigenvalue weighted by Gasteiger charge is 2.33. The number of carbonyl (C=O) groups excluding carboxylic acids is 1. The van der Waals surface area contributed by atoms with Crippen molar-refractivity contribution in [2.24, 2.45) is 0 Å². The van der Waals surface area contributed by atoms with E-state index in [9.17, 15) is 22.4 Å². The Morgan fingerprint density at radius 2 is 1.78 bits per heavy atom. The number of benzene rings is 2. The van der Waals surface area contributed by atoms with Gasteiger partial charge in [0.1, 0.15) is 11.6 Å². The Kier molecular flexibility index (Phi) is 4.65. The highest BCUT2D eigenvalue weighted by molar-refractivity contribution is 6.31. The molecule has 0 bridgehead atoms. The molecule has 0 aliphatic heterocycles. The summed E-state index contributed by atoms with van der Waals surface area (Å²) >= 11 is 5.46. The zero-order valence-electron chi connectivity index (χ0n) is 11.2. The first-order valence-corrected chi connectivity index (χ1v) is 6.48. The molecule has 0 saturated carbocycles. The highest BCUT2D eigenvalue weighted by Crippen LogP contribution is 2.36. The molecule has 2 rings (SSSR count). The van der Waals surface area contributed by atoms with Crippen LogP contribution in [0.3, 0.4) is 0 Å². The summed E-state index contributed by atoms with van der Waals surface area (Å²) in [6.45, 7) is 0. The number of hydrogen-bond acceptors (Lipinski definition) is 2. The van der Waals surface area contributed by atoms with Gasteiger partial charge in [-0.15, -0.1) is 0 Å². The lowest BCUT2D eigenvalue weighted by Gasteiger charge is -2.12. The quantitative estimate of drug-likeness (QED) is 0.537. The van der Waals surface area contributed by atoms with Gasteiger partial charge < -0.3 is 15.7 Å².